The van der Waals surface area contributed by atoms with Crippen LogP contribution in [0, 0.1) is 0 Å². The number of hydrogen-bond donors (Lipinski definition) is 2. The van der Waals surface area contributed by atoms with Gasteiger partial charge in [0, 0.05) is 5.56 Å². The topological polar surface area (TPSA) is 73.6 Å². The fourth-order valence-corrected chi connectivity index (χ4v) is 1.46. The van der Waals surface area contributed by atoms with Gasteiger partial charge in [-0.2, -0.15) is 0 Å². The van der Waals surface area contributed by atoms with E-state index in [0.717, 1.165) is 11.3 Å². The van der Waals surface area contributed by atoms with Crippen LogP contribution in [-0.2, 0) is 6.54 Å². The van der Waals surface area contributed by atoms with Crippen molar-refractivity contribution in [1.82, 2.24) is 0 Å². The summed E-state index contributed by atoms with van der Waals surface area (Å²) in [6, 6.07) is 6.09. The Hall–Kier alpha value is -1.71. The van der Waals surface area contributed by atoms with Gasteiger partial charge in [-0.15, -0.1) is 0 Å². The van der Waals surface area contributed by atoms with Crippen molar-refractivity contribution in [3.05, 3.63) is 29.3 Å². The van der Waals surface area contributed by atoms with Crippen LogP contribution in [0.4, 0.5) is 0 Å². The average molecular weight is 221 g/mol. The minimum Gasteiger partial charge on any atom is -0.496 e. The van der Waals surface area contributed by atoms with E-state index in [1.807, 2.05) is 6.07 Å². The Balaban J connectivity index is 3.02. The zero-order chi connectivity index (χ0) is 12.1. The Morgan fingerprint density at radius 3 is 2.56 bits per heavy atom. The zero-order valence-electron chi connectivity index (χ0n) is 10.0. The molecule has 0 aromatic heterocycles. The lowest BCUT2D eigenvalue weighted by atomic mass is 10.0. The van der Waals surface area contributed by atoms with E-state index in [0.29, 0.717) is 12.5 Å². The molecule has 0 saturated heterocycles. The number of nitrogens with zero attached hydrogens (tertiary/aromatic N) is 1. The largest absolute Gasteiger partial charge is 0.496 e. The van der Waals surface area contributed by atoms with Crippen LogP contribution in [0.3, 0.4) is 0 Å². The molecule has 0 amide bonds. The molecule has 88 valence electrons. The van der Waals surface area contributed by atoms with E-state index in [2.05, 4.69) is 31.0 Å². The Morgan fingerprint density at radius 1 is 1.38 bits per heavy atom. The van der Waals surface area contributed by atoms with Crippen LogP contribution in [-0.4, -0.2) is 13.1 Å². The monoisotopic (exact) mass is 221 g/mol. The molecule has 4 heteroatoms. The maximum atomic E-state index is 5.32. The van der Waals surface area contributed by atoms with Gasteiger partial charge in [0.05, 0.1) is 13.7 Å². The number of benzene rings is 1. The van der Waals surface area contributed by atoms with Crippen molar-refractivity contribution in [3.63, 3.8) is 0 Å². The molecule has 4 nitrogen and oxygen atoms in total. The third-order valence-corrected chi connectivity index (χ3v) is 2.40. The number of hydrogen-bond acceptors (Lipinski definition) is 2. The molecule has 0 spiro atoms. The molecular formula is C12H19N3O. The summed E-state index contributed by atoms with van der Waals surface area (Å²) in [6.07, 6.45) is 0. The maximum Gasteiger partial charge on any atom is 0.186 e. The quantitative estimate of drug-likeness (QED) is 0.599. The molecule has 1 aromatic rings. The van der Waals surface area contributed by atoms with Gasteiger partial charge in [0.15, 0.2) is 5.96 Å². The molecule has 4 N–H and O–H groups in total. The van der Waals surface area contributed by atoms with Crippen molar-refractivity contribution in [1.29, 1.82) is 0 Å². The minimum absolute atomic E-state index is 0.0944. The van der Waals surface area contributed by atoms with E-state index in [1.54, 1.807) is 7.11 Å². The predicted molar refractivity (Wildman–Crippen MR) is 66.6 cm³/mol. The lowest BCUT2D eigenvalue weighted by Gasteiger charge is -2.11. The van der Waals surface area contributed by atoms with Gasteiger partial charge in [-0.25, -0.2) is 4.99 Å². The van der Waals surface area contributed by atoms with Crippen LogP contribution in [0.1, 0.15) is 30.9 Å². The molecule has 16 heavy (non-hydrogen) atoms. The smallest absolute Gasteiger partial charge is 0.186 e. The summed E-state index contributed by atoms with van der Waals surface area (Å²) in [5, 5.41) is 0. The Bertz CT molecular complexity index is 382. The number of ether oxygens (including phenoxy) is 1. The van der Waals surface area contributed by atoms with Gasteiger partial charge in [-0.3, -0.25) is 0 Å². The lowest BCUT2D eigenvalue weighted by Crippen LogP contribution is -2.22. The van der Waals surface area contributed by atoms with Crippen molar-refractivity contribution in [2.24, 2.45) is 16.5 Å². The van der Waals surface area contributed by atoms with Crippen molar-refractivity contribution in [2.75, 3.05) is 7.11 Å². The number of methoxy groups -OCH3 is 1. The standard InChI is InChI=1S/C12H19N3O/c1-8(2)9-4-5-11(16-3)10(6-9)7-15-12(13)14/h4-6,8H,7H2,1-3H3,(H4,13,14,15). The number of guanidine groups is 1. The highest BCUT2D eigenvalue weighted by molar-refractivity contribution is 5.75. The summed E-state index contributed by atoms with van der Waals surface area (Å²) in [7, 11) is 1.64. The third-order valence-electron chi connectivity index (χ3n) is 2.40. The third kappa shape index (κ3) is 3.15. The summed E-state index contributed by atoms with van der Waals surface area (Å²) in [4.78, 5) is 4.00. The highest BCUT2D eigenvalue weighted by Gasteiger charge is 2.06. The Morgan fingerprint density at radius 2 is 2.06 bits per heavy atom. The number of nitrogens with two attached hydrogens (primary N) is 2. The number of rotatable bonds is 4. The van der Waals surface area contributed by atoms with Gasteiger partial charge in [-0.05, 0) is 23.6 Å². The second-order valence-corrected chi connectivity index (χ2v) is 3.97. The minimum atomic E-state index is 0.0944. The second kappa shape index (κ2) is 5.39. The molecule has 0 fully saturated rings. The summed E-state index contributed by atoms with van der Waals surface area (Å²) < 4.78 is 5.26. The molecule has 0 bridgehead atoms. The Kier molecular flexibility index (Phi) is 4.17. The fraction of sp³-hybridized carbons (Fsp3) is 0.417. The first-order valence-corrected chi connectivity index (χ1v) is 5.26. The van der Waals surface area contributed by atoms with E-state index >= 15 is 0 Å². The van der Waals surface area contributed by atoms with E-state index in [9.17, 15) is 0 Å². The molecule has 0 saturated carbocycles. The van der Waals surface area contributed by atoms with E-state index in [4.69, 9.17) is 16.2 Å². The normalized spacial score (nSPS) is 10.2. The van der Waals surface area contributed by atoms with Crippen LogP contribution >= 0.6 is 0 Å². The van der Waals surface area contributed by atoms with Crippen LogP contribution in [0.15, 0.2) is 23.2 Å². The first kappa shape index (κ1) is 12.4. The summed E-state index contributed by atoms with van der Waals surface area (Å²) >= 11 is 0. The molecule has 0 atom stereocenters. The van der Waals surface area contributed by atoms with Crippen LogP contribution in [0.25, 0.3) is 0 Å². The van der Waals surface area contributed by atoms with Crippen LogP contribution in [0.2, 0.25) is 0 Å². The predicted octanol–water partition coefficient (Wildman–Crippen LogP) is 1.59. The van der Waals surface area contributed by atoms with E-state index in [1.165, 1.54) is 5.56 Å². The molecule has 1 rings (SSSR count). The van der Waals surface area contributed by atoms with Gasteiger partial charge in [0.1, 0.15) is 5.75 Å². The SMILES string of the molecule is COc1ccc(C(C)C)cc1CN=C(N)N. The molecule has 0 radical (unpaired) electrons. The first-order chi connectivity index (χ1) is 7.54. The number of aliphatic imine (C=N–C) groups is 1. The van der Waals surface area contributed by atoms with Gasteiger partial charge in [0.25, 0.3) is 0 Å². The average Bonchev–Trinajstić information content (AvgIpc) is 2.25. The molecule has 0 aliphatic heterocycles. The Labute approximate surface area is 96.3 Å². The van der Waals surface area contributed by atoms with E-state index in [-0.39, 0.29) is 5.96 Å². The van der Waals surface area contributed by atoms with Gasteiger partial charge < -0.3 is 16.2 Å². The maximum absolute atomic E-state index is 5.32. The molecule has 0 aliphatic rings. The summed E-state index contributed by atoms with van der Waals surface area (Å²) in [5.74, 6) is 1.38. The molecule has 0 unspecified atom stereocenters. The van der Waals surface area contributed by atoms with Gasteiger partial charge in [0.2, 0.25) is 0 Å². The van der Waals surface area contributed by atoms with Crippen molar-refractivity contribution >= 4 is 5.96 Å². The molecule has 0 aliphatic carbocycles. The highest BCUT2D eigenvalue weighted by Crippen LogP contribution is 2.24. The first-order valence-electron chi connectivity index (χ1n) is 5.26. The highest BCUT2D eigenvalue weighted by atomic mass is 16.5. The van der Waals surface area contributed by atoms with Crippen molar-refractivity contribution in [3.8, 4) is 5.75 Å². The molecule has 1 aromatic carbocycles. The molecule has 0 heterocycles. The summed E-state index contributed by atoms with van der Waals surface area (Å²) in [5.41, 5.74) is 12.9. The van der Waals surface area contributed by atoms with Crippen LogP contribution < -0.4 is 16.2 Å². The summed E-state index contributed by atoms with van der Waals surface area (Å²) in [6.45, 7) is 4.74. The fourth-order valence-electron chi connectivity index (χ4n) is 1.46. The molecular weight excluding hydrogens is 202 g/mol. The van der Waals surface area contributed by atoms with Crippen molar-refractivity contribution in [2.45, 2.75) is 26.3 Å². The van der Waals surface area contributed by atoms with Crippen molar-refractivity contribution < 1.29 is 4.74 Å². The van der Waals surface area contributed by atoms with Crippen LogP contribution in [0.5, 0.6) is 5.75 Å². The van der Waals surface area contributed by atoms with Gasteiger partial charge >= 0.3 is 0 Å². The second-order valence-electron chi connectivity index (χ2n) is 3.97. The zero-order valence-corrected chi connectivity index (χ0v) is 10.0. The van der Waals surface area contributed by atoms with E-state index < -0.39 is 0 Å². The lowest BCUT2D eigenvalue weighted by molar-refractivity contribution is 0.409. The van der Waals surface area contributed by atoms with Gasteiger partial charge in [-0.1, -0.05) is 19.9 Å².